The molecule has 6 heteroatoms. The van der Waals surface area contributed by atoms with Crippen LogP contribution in [0.3, 0.4) is 0 Å². The first-order chi connectivity index (χ1) is 9.26. The summed E-state index contributed by atoms with van der Waals surface area (Å²) < 4.78 is 5.23. The molecule has 0 spiro atoms. The molecule has 3 N–H and O–H groups in total. The second kappa shape index (κ2) is 19.1. The van der Waals surface area contributed by atoms with Crippen LogP contribution in [0.5, 0.6) is 0 Å². The SMILES string of the molecule is CN=O.NCCO.O=CCOC1C#CCCCCC1. The van der Waals surface area contributed by atoms with Crippen LogP contribution in [0.1, 0.15) is 32.1 Å². The highest BCUT2D eigenvalue weighted by atomic mass is 16.5. The van der Waals surface area contributed by atoms with E-state index in [1.54, 1.807) is 0 Å². The second-order valence-electron chi connectivity index (χ2n) is 3.60. The third kappa shape index (κ3) is 19.2. The Kier molecular flexibility index (Phi) is 20.1. The maximum absolute atomic E-state index is 10.0. The van der Waals surface area contributed by atoms with Crippen LogP contribution < -0.4 is 5.73 Å². The molecule has 0 heterocycles. The van der Waals surface area contributed by atoms with E-state index in [1.807, 2.05) is 0 Å². The maximum atomic E-state index is 10.0. The molecule has 0 amide bonds. The molecule has 19 heavy (non-hydrogen) atoms. The molecule has 0 bridgehead atoms. The summed E-state index contributed by atoms with van der Waals surface area (Å²) in [5, 5.41) is 10.0. The number of aldehydes is 1. The van der Waals surface area contributed by atoms with Crippen molar-refractivity contribution in [2.75, 3.05) is 26.8 Å². The highest BCUT2D eigenvalue weighted by molar-refractivity contribution is 5.50. The minimum atomic E-state index is -0.00417. The summed E-state index contributed by atoms with van der Waals surface area (Å²) in [7, 11) is 1.19. The van der Waals surface area contributed by atoms with Gasteiger partial charge >= 0.3 is 0 Å². The van der Waals surface area contributed by atoms with Crippen molar-refractivity contribution in [1.29, 1.82) is 0 Å². The molecule has 6 nitrogen and oxygen atoms in total. The van der Waals surface area contributed by atoms with Crippen LogP contribution in [0, 0.1) is 16.7 Å². The molecule has 1 atom stereocenters. The number of nitrogens with zero attached hydrogens (tertiary/aromatic N) is 1. The number of carbonyl (C=O) groups excluding carboxylic acids is 1. The lowest BCUT2D eigenvalue weighted by Crippen LogP contribution is -2.12. The highest BCUT2D eigenvalue weighted by Crippen LogP contribution is 2.10. The van der Waals surface area contributed by atoms with Gasteiger partial charge in [0.05, 0.1) is 13.7 Å². The van der Waals surface area contributed by atoms with Crippen LogP contribution in [0.4, 0.5) is 0 Å². The summed E-state index contributed by atoms with van der Waals surface area (Å²) in [6.45, 7) is 0.652. The molecule has 0 aromatic rings. The van der Waals surface area contributed by atoms with Crippen molar-refractivity contribution in [3.05, 3.63) is 4.91 Å². The lowest BCUT2D eigenvalue weighted by Gasteiger charge is -2.11. The molecule has 0 saturated heterocycles. The van der Waals surface area contributed by atoms with E-state index in [1.165, 1.54) is 19.9 Å². The Labute approximate surface area is 114 Å². The van der Waals surface area contributed by atoms with E-state index in [2.05, 4.69) is 17.0 Å². The first kappa shape index (κ1) is 20.0. The Morgan fingerprint density at radius 2 is 2.11 bits per heavy atom. The maximum Gasteiger partial charge on any atom is 0.145 e. The number of hydrogen-bond acceptors (Lipinski definition) is 6. The van der Waals surface area contributed by atoms with Gasteiger partial charge in [-0.25, -0.2) is 0 Å². The Hall–Kier alpha value is -1.29. The molecule has 0 saturated carbocycles. The number of ether oxygens (including phenoxy) is 1. The first-order valence-corrected chi connectivity index (χ1v) is 6.32. The van der Waals surface area contributed by atoms with E-state index in [4.69, 9.17) is 20.5 Å². The number of nitroso groups, excluding NO2 is 1. The molecule has 0 fully saturated rings. The van der Waals surface area contributed by atoms with Crippen LogP contribution in [-0.2, 0) is 9.53 Å². The Morgan fingerprint density at radius 1 is 1.47 bits per heavy atom. The quantitative estimate of drug-likeness (QED) is 0.449. The van der Waals surface area contributed by atoms with Crippen molar-refractivity contribution in [3.8, 4) is 11.8 Å². The van der Waals surface area contributed by atoms with E-state index >= 15 is 0 Å². The molecule has 0 aromatic carbocycles. The number of carbonyl (C=O) groups is 1. The van der Waals surface area contributed by atoms with Crippen LogP contribution in [0.25, 0.3) is 0 Å². The topological polar surface area (TPSA) is 102 Å². The molecule has 0 aromatic heterocycles. The summed E-state index contributed by atoms with van der Waals surface area (Å²) >= 11 is 0. The number of aliphatic hydroxyl groups excluding tert-OH is 1. The minimum absolute atomic E-state index is 0.00417. The lowest BCUT2D eigenvalue weighted by molar-refractivity contribution is -0.112. The van der Waals surface area contributed by atoms with Crippen molar-refractivity contribution in [2.45, 2.75) is 38.2 Å². The zero-order chi connectivity index (χ0) is 14.8. The van der Waals surface area contributed by atoms with Crippen LogP contribution in [-0.4, -0.2) is 44.3 Å². The predicted octanol–water partition coefficient (Wildman–Crippen LogP) is 0.858. The molecule has 110 valence electrons. The normalized spacial score (nSPS) is 16.9. The molecule has 0 radical (unpaired) electrons. The third-order valence-corrected chi connectivity index (χ3v) is 2.03. The van der Waals surface area contributed by atoms with Gasteiger partial charge in [0.1, 0.15) is 19.0 Å². The Balaban J connectivity index is 0. The molecule has 1 aliphatic rings. The lowest BCUT2D eigenvalue weighted by atomic mass is 10.1. The largest absolute Gasteiger partial charge is 0.395 e. The fourth-order valence-corrected chi connectivity index (χ4v) is 1.26. The fraction of sp³-hybridized carbons (Fsp3) is 0.769. The van der Waals surface area contributed by atoms with Crippen molar-refractivity contribution in [1.82, 2.24) is 0 Å². The fourth-order valence-electron chi connectivity index (χ4n) is 1.26. The molecule has 1 rings (SSSR count). The summed E-state index contributed by atoms with van der Waals surface area (Å²) in [6.07, 6.45) is 6.32. The first-order valence-electron chi connectivity index (χ1n) is 6.32. The minimum Gasteiger partial charge on any atom is -0.395 e. The van der Waals surface area contributed by atoms with Gasteiger partial charge in [-0.15, -0.1) is 5.92 Å². The number of aliphatic hydroxyl groups is 1. The second-order valence-corrected chi connectivity index (χ2v) is 3.60. The molecular weight excluding hydrogens is 248 g/mol. The van der Waals surface area contributed by atoms with Gasteiger partial charge in [-0.05, 0) is 19.3 Å². The average molecular weight is 272 g/mol. The van der Waals surface area contributed by atoms with E-state index in [9.17, 15) is 4.79 Å². The van der Waals surface area contributed by atoms with E-state index in [0.29, 0.717) is 6.54 Å². The Morgan fingerprint density at radius 3 is 2.63 bits per heavy atom. The molecule has 0 aliphatic heterocycles. The van der Waals surface area contributed by atoms with Crippen LogP contribution in [0.2, 0.25) is 0 Å². The van der Waals surface area contributed by atoms with Crippen molar-refractivity contribution in [3.63, 3.8) is 0 Å². The molecule has 1 aliphatic carbocycles. The monoisotopic (exact) mass is 272 g/mol. The van der Waals surface area contributed by atoms with Gasteiger partial charge in [-0.1, -0.05) is 17.5 Å². The summed E-state index contributed by atoms with van der Waals surface area (Å²) in [5.41, 5.74) is 4.78. The summed E-state index contributed by atoms with van der Waals surface area (Å²) in [6, 6.07) is 0. The third-order valence-electron chi connectivity index (χ3n) is 2.03. The van der Waals surface area contributed by atoms with E-state index in [-0.39, 0.29) is 19.3 Å². The number of rotatable bonds is 4. The predicted molar refractivity (Wildman–Crippen MR) is 74.5 cm³/mol. The van der Waals surface area contributed by atoms with Crippen LogP contribution in [0.15, 0.2) is 5.18 Å². The van der Waals surface area contributed by atoms with Gasteiger partial charge in [0.2, 0.25) is 0 Å². The van der Waals surface area contributed by atoms with Gasteiger partial charge in [-0.3, -0.25) is 0 Å². The zero-order valence-electron chi connectivity index (χ0n) is 11.5. The summed E-state index contributed by atoms with van der Waals surface area (Å²) in [5.74, 6) is 6.08. The number of nitrogens with two attached hydrogens (primary N) is 1. The van der Waals surface area contributed by atoms with Gasteiger partial charge in [0, 0.05) is 13.0 Å². The summed E-state index contributed by atoms with van der Waals surface area (Å²) in [4.78, 5) is 18.6. The smallest absolute Gasteiger partial charge is 0.145 e. The van der Waals surface area contributed by atoms with E-state index < -0.39 is 0 Å². The van der Waals surface area contributed by atoms with E-state index in [0.717, 1.165) is 25.5 Å². The van der Waals surface area contributed by atoms with Gasteiger partial charge < -0.3 is 20.4 Å². The van der Waals surface area contributed by atoms with Gasteiger partial charge in [0.15, 0.2) is 0 Å². The molecule has 1 unspecified atom stereocenters. The van der Waals surface area contributed by atoms with Crippen molar-refractivity contribution < 1.29 is 14.6 Å². The van der Waals surface area contributed by atoms with Gasteiger partial charge in [0.25, 0.3) is 0 Å². The standard InChI is InChI=1S/C10H14O2.C2H7NO.CH3NO/c11-8-9-12-10-6-4-2-1-3-5-7-10;3-1-2-4;1-2-3/h8,10H,1-4,6,9H2;4H,1-3H2;1H3. The Bertz CT molecular complexity index is 259. The highest BCUT2D eigenvalue weighted by Gasteiger charge is 2.05. The zero-order valence-corrected chi connectivity index (χ0v) is 11.5. The van der Waals surface area contributed by atoms with Crippen LogP contribution >= 0.6 is 0 Å². The van der Waals surface area contributed by atoms with Gasteiger partial charge in [-0.2, -0.15) is 4.91 Å². The van der Waals surface area contributed by atoms with Crippen molar-refractivity contribution in [2.24, 2.45) is 10.9 Å². The molecular formula is C13H24N2O4. The number of hydrogen-bond donors (Lipinski definition) is 2. The average Bonchev–Trinajstić information content (AvgIpc) is 2.39. The van der Waals surface area contributed by atoms with Crippen molar-refractivity contribution >= 4 is 6.29 Å².